The van der Waals surface area contributed by atoms with Crippen LogP contribution in [0.15, 0.2) is 48.1 Å². The van der Waals surface area contributed by atoms with Gasteiger partial charge in [0, 0.05) is 18.3 Å². The molecule has 3 heteroatoms. The minimum Gasteiger partial charge on any atom is -0.207 e. The molecule has 0 bridgehead atoms. The summed E-state index contributed by atoms with van der Waals surface area (Å²) in [6.07, 6.45) is 8.28. The van der Waals surface area contributed by atoms with Crippen molar-refractivity contribution in [2.24, 2.45) is 0 Å². The molecule has 0 unspecified atom stereocenters. The van der Waals surface area contributed by atoms with Gasteiger partial charge in [-0.1, -0.05) is 36.4 Å². The molecule has 0 atom stereocenters. The summed E-state index contributed by atoms with van der Waals surface area (Å²) in [6.45, 7) is 0. The number of rotatable bonds is 2. The minimum absolute atomic E-state index is 0.174. The Morgan fingerprint density at radius 1 is 0.905 bits per heavy atom. The lowest BCUT2D eigenvalue weighted by Crippen LogP contribution is -2.38. The van der Waals surface area contributed by atoms with Crippen LogP contribution in [0.25, 0.3) is 0 Å². The van der Waals surface area contributed by atoms with Gasteiger partial charge in [0.15, 0.2) is 0 Å². The molecule has 2 aliphatic rings. The van der Waals surface area contributed by atoms with Crippen molar-refractivity contribution in [1.82, 2.24) is 0 Å². The highest BCUT2D eigenvalue weighted by molar-refractivity contribution is 5.44. The van der Waals surface area contributed by atoms with E-state index in [0.29, 0.717) is 18.4 Å². The molecule has 0 aliphatic heterocycles. The maximum atomic E-state index is 14.3. The van der Waals surface area contributed by atoms with Crippen molar-refractivity contribution in [3.8, 4) is 0 Å². The maximum absolute atomic E-state index is 14.3. The third-order valence-electron chi connectivity index (χ3n) is 4.77. The van der Waals surface area contributed by atoms with Gasteiger partial charge in [-0.15, -0.1) is 0 Å². The number of benzene rings is 1. The molecule has 112 valence electrons. The summed E-state index contributed by atoms with van der Waals surface area (Å²) in [5, 5.41) is 0. The Morgan fingerprint density at radius 3 is 2.24 bits per heavy atom. The first kappa shape index (κ1) is 14.4. The lowest BCUT2D eigenvalue weighted by Gasteiger charge is -2.42. The predicted molar refractivity (Wildman–Crippen MR) is 78.0 cm³/mol. The summed E-state index contributed by atoms with van der Waals surface area (Å²) >= 11 is 0. The van der Waals surface area contributed by atoms with Crippen molar-refractivity contribution in [3.63, 3.8) is 0 Å². The molecule has 1 saturated carbocycles. The molecule has 0 saturated heterocycles. The summed E-state index contributed by atoms with van der Waals surface area (Å²) < 4.78 is 41.5. The molecular weight excluding hydrogens is 273 g/mol. The molecule has 0 N–H and O–H groups in total. The van der Waals surface area contributed by atoms with Gasteiger partial charge in [0.05, 0.1) is 0 Å². The van der Waals surface area contributed by atoms with E-state index in [1.165, 1.54) is 6.07 Å². The van der Waals surface area contributed by atoms with Crippen LogP contribution in [0.2, 0.25) is 0 Å². The van der Waals surface area contributed by atoms with Crippen molar-refractivity contribution >= 4 is 0 Å². The molecule has 2 aliphatic carbocycles. The first-order valence-electron chi connectivity index (χ1n) is 7.54. The van der Waals surface area contributed by atoms with Crippen molar-refractivity contribution in [3.05, 3.63) is 59.4 Å². The number of hydrogen-bond acceptors (Lipinski definition) is 0. The summed E-state index contributed by atoms with van der Waals surface area (Å²) in [5.74, 6) is -2.91. The largest absolute Gasteiger partial charge is 0.248 e. The normalized spacial score (nSPS) is 23.7. The van der Waals surface area contributed by atoms with Crippen LogP contribution in [0.3, 0.4) is 0 Å². The second-order valence-corrected chi connectivity index (χ2v) is 6.06. The summed E-state index contributed by atoms with van der Waals surface area (Å²) in [4.78, 5) is 0. The third-order valence-corrected chi connectivity index (χ3v) is 4.77. The summed E-state index contributed by atoms with van der Waals surface area (Å²) in [7, 11) is 0. The van der Waals surface area contributed by atoms with Crippen LogP contribution in [0.1, 0.15) is 44.1 Å². The second kappa shape index (κ2) is 5.36. The molecule has 0 amide bonds. The fraction of sp³-hybridized carbons (Fsp3) is 0.444. The van der Waals surface area contributed by atoms with E-state index in [1.807, 2.05) is 6.08 Å². The van der Waals surface area contributed by atoms with E-state index in [1.54, 1.807) is 18.2 Å². The molecular formula is C18H19F3. The number of alkyl halides is 2. The fourth-order valence-corrected chi connectivity index (χ4v) is 3.57. The average molecular weight is 292 g/mol. The summed E-state index contributed by atoms with van der Waals surface area (Å²) in [5.41, 5.74) is 0.983. The van der Waals surface area contributed by atoms with E-state index in [-0.39, 0.29) is 18.7 Å². The quantitative estimate of drug-likeness (QED) is 0.670. The first-order valence-corrected chi connectivity index (χ1v) is 7.54. The maximum Gasteiger partial charge on any atom is 0.248 e. The van der Waals surface area contributed by atoms with Gasteiger partial charge >= 0.3 is 0 Å². The molecule has 21 heavy (non-hydrogen) atoms. The van der Waals surface area contributed by atoms with Gasteiger partial charge in [-0.2, -0.15) is 0 Å². The van der Waals surface area contributed by atoms with E-state index in [2.05, 4.69) is 12.2 Å². The van der Waals surface area contributed by atoms with Gasteiger partial charge in [-0.05, 0) is 42.9 Å². The molecule has 0 nitrogen and oxygen atoms in total. The summed E-state index contributed by atoms with van der Waals surface area (Å²) in [6, 6.07) is 6.62. The van der Waals surface area contributed by atoms with Crippen molar-refractivity contribution < 1.29 is 13.2 Å². The molecule has 1 fully saturated rings. The zero-order valence-electron chi connectivity index (χ0n) is 11.9. The highest BCUT2D eigenvalue weighted by Gasteiger charge is 2.46. The Bertz CT molecular complexity index is 574. The van der Waals surface area contributed by atoms with E-state index in [9.17, 15) is 13.2 Å². The zero-order chi connectivity index (χ0) is 14.9. The van der Waals surface area contributed by atoms with Gasteiger partial charge in [0.25, 0.3) is 0 Å². The molecule has 0 radical (unpaired) electrons. The molecule has 1 aromatic carbocycles. The van der Waals surface area contributed by atoms with Crippen LogP contribution in [-0.2, 0) is 5.41 Å². The smallest absolute Gasteiger partial charge is 0.207 e. The standard InChI is InChI=1S/C18H19F3/c19-16-9-5-4-8-15(16)17(14-6-2-1-3-7-14)10-12-18(20,21)13-11-17/h2,4-9H,1,3,10-13H2. The monoisotopic (exact) mass is 292 g/mol. The van der Waals surface area contributed by atoms with Crippen LogP contribution in [0, 0.1) is 5.82 Å². The Balaban J connectivity index is 2.06. The minimum atomic E-state index is -2.62. The van der Waals surface area contributed by atoms with Gasteiger partial charge in [-0.3, -0.25) is 0 Å². The van der Waals surface area contributed by atoms with E-state index in [4.69, 9.17) is 0 Å². The van der Waals surface area contributed by atoms with Crippen LogP contribution in [0.4, 0.5) is 13.2 Å². The highest BCUT2D eigenvalue weighted by Crippen LogP contribution is 2.51. The SMILES string of the molecule is Fc1ccccc1C1(C2=CCCC=C2)CCC(F)(F)CC1. The average Bonchev–Trinajstić information content (AvgIpc) is 2.50. The zero-order valence-corrected chi connectivity index (χ0v) is 11.9. The Labute approximate surface area is 123 Å². The molecule has 0 aromatic heterocycles. The Morgan fingerprint density at radius 2 is 1.62 bits per heavy atom. The van der Waals surface area contributed by atoms with Crippen LogP contribution in [-0.4, -0.2) is 5.92 Å². The topological polar surface area (TPSA) is 0 Å². The highest BCUT2D eigenvalue weighted by atomic mass is 19.3. The van der Waals surface area contributed by atoms with Crippen LogP contribution < -0.4 is 0 Å². The lowest BCUT2D eigenvalue weighted by molar-refractivity contribution is -0.0475. The predicted octanol–water partition coefficient (Wildman–Crippen LogP) is 5.55. The van der Waals surface area contributed by atoms with E-state index in [0.717, 1.165) is 18.4 Å². The van der Waals surface area contributed by atoms with Crippen molar-refractivity contribution in [1.29, 1.82) is 0 Å². The van der Waals surface area contributed by atoms with E-state index < -0.39 is 11.3 Å². The molecule has 0 spiro atoms. The fourth-order valence-electron chi connectivity index (χ4n) is 3.57. The van der Waals surface area contributed by atoms with Crippen molar-refractivity contribution in [2.75, 3.05) is 0 Å². The number of allylic oxidation sites excluding steroid dienone is 4. The number of hydrogen-bond donors (Lipinski definition) is 0. The molecule has 1 aromatic rings. The van der Waals surface area contributed by atoms with Gasteiger partial charge in [0.1, 0.15) is 5.82 Å². The lowest BCUT2D eigenvalue weighted by atomic mass is 9.63. The Kier molecular flexibility index (Phi) is 3.68. The van der Waals surface area contributed by atoms with Gasteiger partial charge in [-0.25, -0.2) is 13.2 Å². The van der Waals surface area contributed by atoms with Crippen LogP contribution >= 0.6 is 0 Å². The second-order valence-electron chi connectivity index (χ2n) is 6.06. The van der Waals surface area contributed by atoms with Gasteiger partial charge in [0.2, 0.25) is 5.92 Å². The van der Waals surface area contributed by atoms with Crippen LogP contribution in [0.5, 0.6) is 0 Å². The number of halogens is 3. The van der Waals surface area contributed by atoms with Crippen molar-refractivity contribution in [2.45, 2.75) is 49.9 Å². The molecule has 0 heterocycles. The third kappa shape index (κ3) is 2.66. The Hall–Kier alpha value is -1.51. The first-order chi connectivity index (χ1) is 10.0. The van der Waals surface area contributed by atoms with E-state index >= 15 is 0 Å². The molecule has 3 rings (SSSR count). The van der Waals surface area contributed by atoms with Gasteiger partial charge < -0.3 is 0 Å².